The minimum atomic E-state index is -1.16. The van der Waals surface area contributed by atoms with Crippen LogP contribution in [0.1, 0.15) is 20.8 Å². The van der Waals surface area contributed by atoms with Crippen LogP contribution in [0.5, 0.6) is 5.75 Å². The Morgan fingerprint density at radius 3 is 2.84 bits per heavy atom. The summed E-state index contributed by atoms with van der Waals surface area (Å²) in [4.78, 5) is 13.1. The zero-order chi connectivity index (χ0) is 14.2. The van der Waals surface area contributed by atoms with Crippen molar-refractivity contribution in [2.45, 2.75) is 32.6 Å². The second-order valence-electron chi connectivity index (χ2n) is 5.25. The van der Waals surface area contributed by atoms with Gasteiger partial charge in [0, 0.05) is 6.07 Å². The van der Waals surface area contributed by atoms with E-state index in [-0.39, 0.29) is 18.0 Å². The molecule has 1 aromatic carbocycles. The van der Waals surface area contributed by atoms with Gasteiger partial charge in [0.2, 0.25) is 0 Å². The van der Waals surface area contributed by atoms with Gasteiger partial charge in [-0.25, -0.2) is 14.1 Å². The molecule has 0 saturated carbocycles. The molecule has 0 aromatic heterocycles. The number of fused-ring (bicyclic) bond motifs is 1. The molecule has 1 heterocycles. The Bertz CT molecular complexity index is 498. The molecule has 1 N–H and O–H groups in total. The smallest absolute Gasteiger partial charge is 0.417 e. The molecule has 0 bridgehead atoms. The molecule has 1 unspecified atom stereocenters. The van der Waals surface area contributed by atoms with Gasteiger partial charge >= 0.3 is 6.09 Å². The van der Waals surface area contributed by atoms with Crippen LogP contribution in [0.2, 0.25) is 0 Å². The molecule has 5 nitrogen and oxygen atoms in total. The number of aliphatic hydroxyl groups is 1. The fourth-order valence-corrected chi connectivity index (χ4v) is 1.73. The normalized spacial score (nSPS) is 18.6. The van der Waals surface area contributed by atoms with Crippen molar-refractivity contribution in [1.82, 2.24) is 0 Å². The van der Waals surface area contributed by atoms with Gasteiger partial charge in [-0.3, -0.25) is 0 Å². The van der Waals surface area contributed by atoms with Gasteiger partial charge in [0.15, 0.2) is 6.23 Å². The summed E-state index contributed by atoms with van der Waals surface area (Å²) in [5.41, 5.74) is -0.399. The zero-order valence-electron chi connectivity index (χ0n) is 11.0. The Hall–Kier alpha value is -1.82. The maximum atomic E-state index is 13.1. The maximum absolute atomic E-state index is 13.1. The Kier molecular flexibility index (Phi) is 3.36. The summed E-state index contributed by atoms with van der Waals surface area (Å²) in [6, 6.07) is 3.73. The predicted octanol–water partition coefficient (Wildman–Crippen LogP) is 2.28. The summed E-state index contributed by atoms with van der Waals surface area (Å²) in [7, 11) is 0. The molecule has 0 radical (unpaired) electrons. The highest BCUT2D eigenvalue weighted by atomic mass is 19.1. The van der Waals surface area contributed by atoms with E-state index in [1.54, 1.807) is 20.8 Å². The number of anilines is 1. The SMILES string of the molecule is CC(C)(C)OC(=O)N1c2ccc(F)cc2OCC1O. The first kappa shape index (κ1) is 13.6. The molecule has 0 spiro atoms. The van der Waals surface area contributed by atoms with E-state index in [1.165, 1.54) is 18.2 Å². The van der Waals surface area contributed by atoms with E-state index < -0.39 is 23.7 Å². The molecule has 6 heteroatoms. The van der Waals surface area contributed by atoms with Crippen molar-refractivity contribution in [3.8, 4) is 5.75 Å². The van der Waals surface area contributed by atoms with E-state index in [2.05, 4.69) is 0 Å². The Morgan fingerprint density at radius 1 is 1.53 bits per heavy atom. The van der Waals surface area contributed by atoms with Gasteiger partial charge in [-0.2, -0.15) is 0 Å². The highest BCUT2D eigenvalue weighted by Gasteiger charge is 2.34. The van der Waals surface area contributed by atoms with E-state index in [9.17, 15) is 14.3 Å². The standard InChI is InChI=1S/C13H16FNO4/c1-13(2,3)19-12(17)15-9-5-4-8(14)6-10(9)18-7-11(15)16/h4-6,11,16H,7H2,1-3H3. The van der Waals surface area contributed by atoms with Crippen LogP contribution in [0.15, 0.2) is 18.2 Å². The minimum Gasteiger partial charge on any atom is -0.487 e. The van der Waals surface area contributed by atoms with Crippen molar-refractivity contribution in [3.05, 3.63) is 24.0 Å². The number of halogens is 1. The van der Waals surface area contributed by atoms with Crippen LogP contribution in [0, 0.1) is 5.82 Å². The van der Waals surface area contributed by atoms with Crippen LogP contribution >= 0.6 is 0 Å². The molecule has 1 aromatic rings. The van der Waals surface area contributed by atoms with Crippen LogP contribution in [0.4, 0.5) is 14.9 Å². The van der Waals surface area contributed by atoms with Gasteiger partial charge in [-0.05, 0) is 32.9 Å². The van der Waals surface area contributed by atoms with Crippen LogP contribution < -0.4 is 9.64 Å². The van der Waals surface area contributed by atoms with Crippen molar-refractivity contribution in [3.63, 3.8) is 0 Å². The fraction of sp³-hybridized carbons (Fsp3) is 0.462. The van der Waals surface area contributed by atoms with E-state index >= 15 is 0 Å². The second kappa shape index (κ2) is 4.70. The number of benzene rings is 1. The average molecular weight is 269 g/mol. The predicted molar refractivity (Wildman–Crippen MR) is 66.6 cm³/mol. The summed E-state index contributed by atoms with van der Waals surface area (Å²) in [6.45, 7) is 5.05. The molecule has 2 rings (SSSR count). The number of hydrogen-bond acceptors (Lipinski definition) is 4. The third-order valence-electron chi connectivity index (χ3n) is 2.46. The number of carbonyl (C=O) groups excluding carboxylic acids is 1. The molecule has 1 amide bonds. The van der Waals surface area contributed by atoms with E-state index in [0.29, 0.717) is 0 Å². The molecule has 1 aliphatic heterocycles. The molecule has 1 atom stereocenters. The molecular formula is C13H16FNO4. The van der Waals surface area contributed by atoms with Gasteiger partial charge in [-0.15, -0.1) is 0 Å². The van der Waals surface area contributed by atoms with Gasteiger partial charge < -0.3 is 14.6 Å². The quantitative estimate of drug-likeness (QED) is 0.785. The molecule has 0 fully saturated rings. The van der Waals surface area contributed by atoms with Gasteiger partial charge in [0.25, 0.3) is 0 Å². The first-order chi connectivity index (χ1) is 8.78. The second-order valence-corrected chi connectivity index (χ2v) is 5.25. The molecular weight excluding hydrogens is 253 g/mol. The summed E-state index contributed by atoms with van der Waals surface area (Å²) in [5, 5.41) is 9.86. The average Bonchev–Trinajstić information content (AvgIpc) is 2.26. The lowest BCUT2D eigenvalue weighted by atomic mass is 10.2. The van der Waals surface area contributed by atoms with E-state index in [4.69, 9.17) is 9.47 Å². The van der Waals surface area contributed by atoms with Crippen molar-refractivity contribution >= 4 is 11.8 Å². The third kappa shape index (κ3) is 2.96. The van der Waals surface area contributed by atoms with Gasteiger partial charge in [0.05, 0.1) is 5.69 Å². The summed E-state index contributed by atoms with van der Waals surface area (Å²) in [6.07, 6.45) is -1.86. The summed E-state index contributed by atoms with van der Waals surface area (Å²) >= 11 is 0. The largest absolute Gasteiger partial charge is 0.487 e. The Labute approximate surface area is 110 Å². The third-order valence-corrected chi connectivity index (χ3v) is 2.46. The van der Waals surface area contributed by atoms with Crippen LogP contribution in [0.25, 0.3) is 0 Å². The van der Waals surface area contributed by atoms with Gasteiger partial charge in [-0.1, -0.05) is 0 Å². The number of aliphatic hydroxyl groups excluding tert-OH is 1. The van der Waals surface area contributed by atoms with Gasteiger partial charge in [0.1, 0.15) is 23.8 Å². The summed E-state index contributed by atoms with van der Waals surface area (Å²) < 4.78 is 23.5. The number of ether oxygens (including phenoxy) is 2. The van der Waals surface area contributed by atoms with E-state index in [0.717, 1.165) is 4.90 Å². The molecule has 1 aliphatic rings. The number of rotatable bonds is 0. The number of carbonyl (C=O) groups is 1. The minimum absolute atomic E-state index is 0.129. The van der Waals surface area contributed by atoms with Crippen molar-refractivity contribution < 1.29 is 23.8 Å². The fourth-order valence-electron chi connectivity index (χ4n) is 1.73. The lowest BCUT2D eigenvalue weighted by molar-refractivity contribution is 0.0358. The molecule has 0 saturated heterocycles. The number of nitrogens with zero attached hydrogens (tertiary/aromatic N) is 1. The Balaban J connectivity index is 2.33. The zero-order valence-corrected chi connectivity index (χ0v) is 11.0. The van der Waals surface area contributed by atoms with Crippen molar-refractivity contribution in [2.24, 2.45) is 0 Å². The lowest BCUT2D eigenvalue weighted by Crippen LogP contribution is -2.48. The maximum Gasteiger partial charge on any atom is 0.417 e. The first-order valence-electron chi connectivity index (χ1n) is 5.90. The Morgan fingerprint density at radius 2 is 2.21 bits per heavy atom. The van der Waals surface area contributed by atoms with Crippen molar-refractivity contribution in [2.75, 3.05) is 11.5 Å². The molecule has 19 heavy (non-hydrogen) atoms. The number of hydrogen-bond donors (Lipinski definition) is 1. The van der Waals surface area contributed by atoms with Crippen LogP contribution in [-0.2, 0) is 4.74 Å². The van der Waals surface area contributed by atoms with Crippen LogP contribution in [0.3, 0.4) is 0 Å². The number of amides is 1. The highest BCUT2D eigenvalue weighted by Crippen LogP contribution is 2.34. The first-order valence-corrected chi connectivity index (χ1v) is 5.90. The van der Waals surface area contributed by atoms with E-state index in [1.807, 2.05) is 0 Å². The molecule has 104 valence electrons. The highest BCUT2D eigenvalue weighted by molar-refractivity contribution is 5.90. The lowest BCUT2D eigenvalue weighted by Gasteiger charge is -2.34. The monoisotopic (exact) mass is 269 g/mol. The molecule has 0 aliphatic carbocycles. The summed E-state index contributed by atoms with van der Waals surface area (Å²) in [5.74, 6) is -0.268. The van der Waals surface area contributed by atoms with Crippen molar-refractivity contribution in [1.29, 1.82) is 0 Å². The topological polar surface area (TPSA) is 59.0 Å². The van der Waals surface area contributed by atoms with Crippen LogP contribution in [-0.4, -0.2) is 29.6 Å².